The van der Waals surface area contributed by atoms with Crippen LogP contribution in [-0.4, -0.2) is 59.9 Å². The summed E-state index contributed by atoms with van der Waals surface area (Å²) in [5, 5.41) is 10.8. The van der Waals surface area contributed by atoms with E-state index in [0.717, 1.165) is 5.56 Å². The number of sulfonamides is 1. The quantitative estimate of drug-likeness (QED) is 0.535. The number of hydrogen-bond acceptors (Lipinski definition) is 6. The number of ether oxygens (including phenoxy) is 1. The Labute approximate surface area is 192 Å². The molecule has 1 aromatic heterocycles. The molecule has 1 saturated heterocycles. The van der Waals surface area contributed by atoms with Crippen molar-refractivity contribution in [2.75, 3.05) is 31.6 Å². The highest BCUT2D eigenvalue weighted by molar-refractivity contribution is 7.89. The number of rotatable bonds is 7. The van der Waals surface area contributed by atoms with Crippen molar-refractivity contribution in [2.45, 2.75) is 18.4 Å². The average Bonchev–Trinajstić information content (AvgIpc) is 3.27. The molecule has 172 valence electrons. The van der Waals surface area contributed by atoms with E-state index < -0.39 is 15.9 Å². The molecule has 10 heteroatoms. The molecule has 0 radical (unpaired) electrons. The van der Waals surface area contributed by atoms with Crippen molar-refractivity contribution < 1.29 is 17.9 Å². The predicted octanol–water partition coefficient (Wildman–Crippen LogP) is 2.31. The Morgan fingerprint density at radius 1 is 1.15 bits per heavy atom. The second-order valence-electron chi connectivity index (χ2n) is 7.65. The molecule has 2 heterocycles. The van der Waals surface area contributed by atoms with Crippen LogP contribution in [0.25, 0.3) is 6.08 Å². The van der Waals surface area contributed by atoms with Gasteiger partial charge in [0.1, 0.15) is 5.69 Å². The van der Waals surface area contributed by atoms with Crippen LogP contribution in [0.5, 0.6) is 0 Å². The van der Waals surface area contributed by atoms with Crippen molar-refractivity contribution in [1.29, 1.82) is 0 Å². The van der Waals surface area contributed by atoms with Gasteiger partial charge in [0.2, 0.25) is 15.9 Å². The minimum absolute atomic E-state index is 0.176. The molecule has 0 spiro atoms. The lowest BCUT2D eigenvalue weighted by atomic mass is 10.2. The van der Waals surface area contributed by atoms with Crippen molar-refractivity contribution in [1.82, 2.24) is 19.3 Å². The minimum atomic E-state index is -3.67. The van der Waals surface area contributed by atoms with E-state index in [2.05, 4.69) is 15.6 Å². The molecule has 4 rings (SSSR count). The Morgan fingerprint density at radius 3 is 2.67 bits per heavy atom. The zero-order chi connectivity index (χ0) is 23.3. The number of carbonyl (C=O) groups is 1. The lowest BCUT2D eigenvalue weighted by Crippen LogP contribution is -2.40. The summed E-state index contributed by atoms with van der Waals surface area (Å²) in [5.74, 6) is -0.397. The maximum Gasteiger partial charge on any atom is 0.248 e. The van der Waals surface area contributed by atoms with Crippen LogP contribution < -0.4 is 5.32 Å². The highest BCUT2D eigenvalue weighted by atomic mass is 32.2. The second-order valence-corrected chi connectivity index (χ2v) is 9.55. The number of amides is 1. The van der Waals surface area contributed by atoms with Crippen molar-refractivity contribution in [3.05, 3.63) is 77.6 Å². The van der Waals surface area contributed by atoms with Gasteiger partial charge in [-0.1, -0.05) is 41.6 Å². The van der Waals surface area contributed by atoms with E-state index in [4.69, 9.17) is 4.74 Å². The van der Waals surface area contributed by atoms with Crippen LogP contribution in [0.1, 0.15) is 16.8 Å². The fourth-order valence-electron chi connectivity index (χ4n) is 3.46. The molecular formula is C23H25N5O4S. The highest BCUT2D eigenvalue weighted by Gasteiger charge is 2.28. The third-order valence-electron chi connectivity index (χ3n) is 5.19. The van der Waals surface area contributed by atoms with E-state index in [-0.39, 0.29) is 4.90 Å². The second kappa shape index (κ2) is 10.1. The van der Waals surface area contributed by atoms with Gasteiger partial charge in [-0.15, -0.1) is 5.10 Å². The smallest absolute Gasteiger partial charge is 0.248 e. The van der Waals surface area contributed by atoms with Gasteiger partial charge in [-0.25, -0.2) is 13.1 Å². The van der Waals surface area contributed by atoms with Gasteiger partial charge in [-0.3, -0.25) is 4.79 Å². The fraction of sp³-hybridized carbons (Fsp3) is 0.261. The molecule has 0 bridgehead atoms. The van der Waals surface area contributed by atoms with Crippen LogP contribution in [0.3, 0.4) is 0 Å². The molecule has 33 heavy (non-hydrogen) atoms. The van der Waals surface area contributed by atoms with Gasteiger partial charge in [-0.05, 0) is 36.3 Å². The molecule has 3 aromatic rings. The van der Waals surface area contributed by atoms with E-state index in [1.807, 2.05) is 30.3 Å². The van der Waals surface area contributed by atoms with Gasteiger partial charge in [0.15, 0.2) is 0 Å². The first-order valence-electron chi connectivity index (χ1n) is 10.5. The molecule has 9 nitrogen and oxygen atoms in total. The van der Waals surface area contributed by atoms with Gasteiger partial charge in [-0.2, -0.15) is 4.31 Å². The van der Waals surface area contributed by atoms with Crippen molar-refractivity contribution in [3.63, 3.8) is 0 Å². The van der Waals surface area contributed by atoms with Crippen LogP contribution >= 0.6 is 0 Å². The number of aromatic nitrogens is 3. The molecule has 0 unspecified atom stereocenters. The number of anilines is 1. The lowest BCUT2D eigenvalue weighted by molar-refractivity contribution is -0.111. The number of hydrogen-bond donors (Lipinski definition) is 1. The van der Waals surface area contributed by atoms with Crippen molar-refractivity contribution in [3.8, 4) is 0 Å². The van der Waals surface area contributed by atoms with Gasteiger partial charge in [0.25, 0.3) is 0 Å². The van der Waals surface area contributed by atoms with E-state index in [9.17, 15) is 13.2 Å². The minimum Gasteiger partial charge on any atom is -0.379 e. The van der Waals surface area contributed by atoms with Crippen LogP contribution in [-0.2, 0) is 26.1 Å². The molecule has 1 aliphatic rings. The molecule has 1 aliphatic heterocycles. The monoisotopic (exact) mass is 467 g/mol. The summed E-state index contributed by atoms with van der Waals surface area (Å²) >= 11 is 0. The Bertz CT molecular complexity index is 1250. The molecule has 1 amide bonds. The summed E-state index contributed by atoms with van der Waals surface area (Å²) < 4.78 is 34.4. The van der Waals surface area contributed by atoms with E-state index in [1.165, 1.54) is 16.4 Å². The van der Waals surface area contributed by atoms with E-state index in [0.29, 0.717) is 49.8 Å². The molecule has 0 aliphatic carbocycles. The third-order valence-corrected chi connectivity index (χ3v) is 7.23. The average molecular weight is 468 g/mol. The zero-order valence-electron chi connectivity index (χ0n) is 18.2. The number of nitrogens with zero attached hydrogens (tertiary/aromatic N) is 4. The Kier molecular flexibility index (Phi) is 6.97. The number of aryl methyl sites for hydroxylation is 1. The number of nitrogens with one attached hydrogen (secondary N) is 1. The summed E-state index contributed by atoms with van der Waals surface area (Å²) in [5.41, 5.74) is 2.65. The van der Waals surface area contributed by atoms with E-state index >= 15 is 0 Å². The zero-order valence-corrected chi connectivity index (χ0v) is 19.0. The largest absolute Gasteiger partial charge is 0.379 e. The maximum atomic E-state index is 13.0. The van der Waals surface area contributed by atoms with Gasteiger partial charge in [0.05, 0.1) is 30.9 Å². The first-order chi connectivity index (χ1) is 15.9. The summed E-state index contributed by atoms with van der Waals surface area (Å²) in [7, 11) is -3.67. The molecule has 1 fully saturated rings. The summed E-state index contributed by atoms with van der Waals surface area (Å²) in [4.78, 5) is 12.6. The standard InChI is InChI=1S/C23H25N5O4S/c1-18-7-8-20(15-22(18)33(30,31)28-11-13-32-14-12-28)24-23(29)10-9-21-17-27(26-25-21)16-19-5-3-2-4-6-19/h2-10,15,17H,11-14,16H2,1H3,(H,24,29)/b10-9+. The molecule has 0 atom stereocenters. The SMILES string of the molecule is Cc1ccc(NC(=O)/C=C/c2cn(Cc3ccccc3)nn2)cc1S(=O)(=O)N1CCOCC1. The maximum absolute atomic E-state index is 13.0. The van der Waals surface area contributed by atoms with Crippen LogP contribution in [0, 0.1) is 6.92 Å². The van der Waals surface area contributed by atoms with Crippen LogP contribution in [0.2, 0.25) is 0 Å². The summed E-state index contributed by atoms with van der Waals surface area (Å²) in [6, 6.07) is 14.7. The Hall–Kier alpha value is -3.34. The normalized spacial score (nSPS) is 15.1. The number of morpholine rings is 1. The fourth-order valence-corrected chi connectivity index (χ4v) is 5.12. The Balaban J connectivity index is 1.41. The van der Waals surface area contributed by atoms with Crippen LogP contribution in [0.4, 0.5) is 5.69 Å². The predicted molar refractivity (Wildman–Crippen MR) is 124 cm³/mol. The van der Waals surface area contributed by atoms with Gasteiger partial charge in [0, 0.05) is 24.9 Å². The topological polar surface area (TPSA) is 106 Å². The van der Waals surface area contributed by atoms with Crippen molar-refractivity contribution in [2.24, 2.45) is 0 Å². The summed E-state index contributed by atoms with van der Waals surface area (Å²) in [6.45, 7) is 3.68. The van der Waals surface area contributed by atoms with Crippen molar-refractivity contribution >= 4 is 27.7 Å². The number of benzene rings is 2. The Morgan fingerprint density at radius 2 is 1.91 bits per heavy atom. The van der Waals surface area contributed by atoms with E-state index in [1.54, 1.807) is 36.0 Å². The van der Waals surface area contributed by atoms with Gasteiger partial charge < -0.3 is 10.1 Å². The molecular weight excluding hydrogens is 442 g/mol. The highest BCUT2D eigenvalue weighted by Crippen LogP contribution is 2.24. The third kappa shape index (κ3) is 5.72. The first-order valence-corrected chi connectivity index (χ1v) is 12.0. The first kappa shape index (κ1) is 22.8. The lowest BCUT2D eigenvalue weighted by Gasteiger charge is -2.26. The summed E-state index contributed by atoms with van der Waals surface area (Å²) in [6.07, 6.45) is 4.64. The van der Waals surface area contributed by atoms with Crippen LogP contribution in [0.15, 0.2) is 65.7 Å². The molecule has 2 aromatic carbocycles. The molecule has 0 saturated carbocycles. The number of carbonyl (C=O) groups excluding carboxylic acids is 1. The van der Waals surface area contributed by atoms with Gasteiger partial charge >= 0.3 is 0 Å². The molecule has 1 N–H and O–H groups in total.